The molecule has 1 saturated carbocycles. The normalized spacial score (nSPS) is 20.9. The van der Waals surface area contributed by atoms with Crippen LogP contribution in [0.4, 0.5) is 5.69 Å². The van der Waals surface area contributed by atoms with Crippen molar-refractivity contribution in [2.45, 2.75) is 45.6 Å². The number of aliphatic hydroxyl groups excluding tert-OH is 1. The quantitative estimate of drug-likeness (QED) is 0.840. The average Bonchev–Trinajstić information content (AvgIpc) is 2.52. The molecule has 23 heavy (non-hydrogen) atoms. The van der Waals surface area contributed by atoms with Gasteiger partial charge in [-0.05, 0) is 43.9 Å². The zero-order valence-corrected chi connectivity index (χ0v) is 14.1. The number of anilines is 1. The molecule has 2 unspecified atom stereocenters. The van der Waals surface area contributed by atoms with Crippen LogP contribution in [0.2, 0.25) is 0 Å². The number of hydrogen-bond donors (Lipinski definition) is 2. The number of amides is 2. The van der Waals surface area contributed by atoms with Crippen LogP contribution in [0.25, 0.3) is 0 Å². The van der Waals surface area contributed by atoms with Crippen molar-refractivity contribution in [2.24, 2.45) is 5.92 Å². The summed E-state index contributed by atoms with van der Waals surface area (Å²) in [6, 6.07) is 5.73. The molecule has 2 atom stereocenters. The van der Waals surface area contributed by atoms with E-state index in [1.54, 1.807) is 7.05 Å². The molecule has 0 radical (unpaired) electrons. The number of nitrogens with zero attached hydrogens (tertiary/aromatic N) is 1. The predicted molar refractivity (Wildman–Crippen MR) is 90.1 cm³/mol. The van der Waals surface area contributed by atoms with E-state index >= 15 is 0 Å². The Hall–Kier alpha value is -1.88. The standard InChI is InChI=1S/C18H26N2O3/c1-12-8-9-13(2)15(10-12)19-17(22)18(23)20(3)11-14-6-4-5-7-16(14)21/h8-10,14,16,21H,4-7,11H2,1-3H3,(H,19,22). The second-order valence-corrected chi connectivity index (χ2v) is 6.57. The van der Waals surface area contributed by atoms with Crippen LogP contribution in [0.1, 0.15) is 36.8 Å². The Bertz CT molecular complexity index is 586. The van der Waals surface area contributed by atoms with Gasteiger partial charge in [0.25, 0.3) is 0 Å². The summed E-state index contributed by atoms with van der Waals surface area (Å²) in [6.45, 7) is 4.25. The Labute approximate surface area is 137 Å². The summed E-state index contributed by atoms with van der Waals surface area (Å²) in [5, 5.41) is 12.7. The lowest BCUT2D eigenvalue weighted by Crippen LogP contribution is -2.42. The molecule has 1 fully saturated rings. The van der Waals surface area contributed by atoms with E-state index in [1.165, 1.54) is 4.90 Å². The molecule has 1 aromatic carbocycles. The third-order valence-corrected chi connectivity index (χ3v) is 4.56. The number of benzene rings is 1. The number of rotatable bonds is 3. The van der Waals surface area contributed by atoms with Gasteiger partial charge in [-0.25, -0.2) is 0 Å². The van der Waals surface area contributed by atoms with Gasteiger partial charge < -0.3 is 15.3 Å². The van der Waals surface area contributed by atoms with Crippen molar-refractivity contribution in [3.63, 3.8) is 0 Å². The highest BCUT2D eigenvalue weighted by Gasteiger charge is 2.27. The van der Waals surface area contributed by atoms with Gasteiger partial charge in [0, 0.05) is 25.2 Å². The Morgan fingerprint density at radius 3 is 2.65 bits per heavy atom. The minimum atomic E-state index is -0.633. The first-order valence-electron chi connectivity index (χ1n) is 8.20. The molecule has 0 saturated heterocycles. The summed E-state index contributed by atoms with van der Waals surface area (Å²) in [6.07, 6.45) is 3.40. The molecule has 2 N–H and O–H groups in total. The highest BCUT2D eigenvalue weighted by Crippen LogP contribution is 2.25. The van der Waals surface area contributed by atoms with Crippen molar-refractivity contribution in [3.8, 4) is 0 Å². The molecular weight excluding hydrogens is 292 g/mol. The molecule has 1 aliphatic rings. The fraction of sp³-hybridized carbons (Fsp3) is 0.556. The summed E-state index contributed by atoms with van der Waals surface area (Å²) in [5.74, 6) is -1.14. The largest absolute Gasteiger partial charge is 0.393 e. The lowest BCUT2D eigenvalue weighted by molar-refractivity contribution is -0.143. The first kappa shape index (κ1) is 17.5. The summed E-state index contributed by atoms with van der Waals surface area (Å²) >= 11 is 0. The minimum Gasteiger partial charge on any atom is -0.393 e. The summed E-state index contributed by atoms with van der Waals surface area (Å²) < 4.78 is 0. The second-order valence-electron chi connectivity index (χ2n) is 6.57. The molecule has 0 bridgehead atoms. The molecule has 0 spiro atoms. The molecule has 126 valence electrons. The number of aliphatic hydroxyl groups is 1. The van der Waals surface area contributed by atoms with E-state index in [-0.39, 0.29) is 12.0 Å². The Balaban J connectivity index is 1.95. The number of hydrogen-bond acceptors (Lipinski definition) is 3. The van der Waals surface area contributed by atoms with E-state index < -0.39 is 11.8 Å². The Morgan fingerprint density at radius 2 is 1.96 bits per heavy atom. The molecule has 2 amide bonds. The molecule has 0 aromatic heterocycles. The summed E-state index contributed by atoms with van der Waals surface area (Å²) in [5.41, 5.74) is 2.61. The lowest BCUT2D eigenvalue weighted by Gasteiger charge is -2.30. The number of likely N-dealkylation sites (N-methyl/N-ethyl adjacent to an activating group) is 1. The summed E-state index contributed by atoms with van der Waals surface area (Å²) in [4.78, 5) is 25.8. The van der Waals surface area contributed by atoms with Crippen LogP contribution in [0, 0.1) is 19.8 Å². The molecular formula is C18H26N2O3. The number of nitrogens with one attached hydrogen (secondary N) is 1. The highest BCUT2D eigenvalue weighted by molar-refractivity contribution is 6.39. The van der Waals surface area contributed by atoms with Crippen LogP contribution in [0.3, 0.4) is 0 Å². The third kappa shape index (κ3) is 4.55. The third-order valence-electron chi connectivity index (χ3n) is 4.56. The first-order chi connectivity index (χ1) is 10.9. The topological polar surface area (TPSA) is 69.6 Å². The average molecular weight is 318 g/mol. The number of carbonyl (C=O) groups is 2. The number of carbonyl (C=O) groups excluding carboxylic acids is 2. The fourth-order valence-corrected chi connectivity index (χ4v) is 3.06. The van der Waals surface area contributed by atoms with Crippen LogP contribution in [-0.4, -0.2) is 41.5 Å². The molecule has 2 rings (SSSR count). The smallest absolute Gasteiger partial charge is 0.313 e. The lowest BCUT2D eigenvalue weighted by atomic mass is 9.86. The van der Waals surface area contributed by atoms with E-state index in [0.29, 0.717) is 12.2 Å². The first-order valence-corrected chi connectivity index (χ1v) is 8.20. The van der Waals surface area contributed by atoms with Gasteiger partial charge >= 0.3 is 11.8 Å². The van der Waals surface area contributed by atoms with Crippen molar-refractivity contribution in [3.05, 3.63) is 29.3 Å². The fourth-order valence-electron chi connectivity index (χ4n) is 3.06. The van der Waals surface area contributed by atoms with Crippen LogP contribution in [0.15, 0.2) is 18.2 Å². The van der Waals surface area contributed by atoms with Crippen molar-refractivity contribution in [2.75, 3.05) is 18.9 Å². The van der Waals surface area contributed by atoms with Gasteiger partial charge in [-0.15, -0.1) is 0 Å². The maximum Gasteiger partial charge on any atom is 0.313 e. The van der Waals surface area contributed by atoms with Crippen LogP contribution in [-0.2, 0) is 9.59 Å². The van der Waals surface area contributed by atoms with Crippen molar-refractivity contribution in [1.82, 2.24) is 4.90 Å². The van der Waals surface area contributed by atoms with Gasteiger partial charge in [0.05, 0.1) is 6.10 Å². The molecule has 0 heterocycles. The Kier molecular flexibility index (Phi) is 5.77. The van der Waals surface area contributed by atoms with E-state index in [0.717, 1.165) is 36.8 Å². The van der Waals surface area contributed by atoms with Gasteiger partial charge in [0.1, 0.15) is 0 Å². The molecule has 0 aliphatic heterocycles. The summed E-state index contributed by atoms with van der Waals surface area (Å²) in [7, 11) is 1.62. The molecule has 1 aromatic rings. The van der Waals surface area contributed by atoms with Gasteiger partial charge in [-0.2, -0.15) is 0 Å². The monoisotopic (exact) mass is 318 g/mol. The SMILES string of the molecule is Cc1ccc(C)c(NC(=O)C(=O)N(C)CC2CCCCC2O)c1. The van der Waals surface area contributed by atoms with Crippen LogP contribution < -0.4 is 5.32 Å². The van der Waals surface area contributed by atoms with Crippen molar-refractivity contribution < 1.29 is 14.7 Å². The molecule has 1 aliphatic carbocycles. The molecule has 5 heteroatoms. The zero-order chi connectivity index (χ0) is 17.0. The van der Waals surface area contributed by atoms with Gasteiger partial charge in [0.2, 0.25) is 0 Å². The Morgan fingerprint density at radius 1 is 1.26 bits per heavy atom. The second kappa shape index (κ2) is 7.59. The van der Waals surface area contributed by atoms with Crippen LogP contribution in [0.5, 0.6) is 0 Å². The maximum absolute atomic E-state index is 12.3. The van der Waals surface area contributed by atoms with Gasteiger partial charge in [-0.3, -0.25) is 9.59 Å². The van der Waals surface area contributed by atoms with Gasteiger partial charge in [-0.1, -0.05) is 25.0 Å². The van der Waals surface area contributed by atoms with Crippen molar-refractivity contribution >= 4 is 17.5 Å². The zero-order valence-electron chi connectivity index (χ0n) is 14.1. The van der Waals surface area contributed by atoms with Crippen molar-refractivity contribution in [1.29, 1.82) is 0 Å². The van der Waals surface area contributed by atoms with Crippen LogP contribution >= 0.6 is 0 Å². The number of aryl methyl sites for hydroxylation is 2. The maximum atomic E-state index is 12.3. The van der Waals surface area contributed by atoms with E-state index in [2.05, 4.69) is 5.32 Å². The minimum absolute atomic E-state index is 0.0613. The predicted octanol–water partition coefficient (Wildman–Crippen LogP) is 2.25. The van der Waals surface area contributed by atoms with Gasteiger partial charge in [0.15, 0.2) is 0 Å². The van der Waals surface area contributed by atoms with E-state index in [1.807, 2.05) is 32.0 Å². The highest BCUT2D eigenvalue weighted by atomic mass is 16.3. The molecule has 5 nitrogen and oxygen atoms in total. The van der Waals surface area contributed by atoms with E-state index in [4.69, 9.17) is 0 Å². The van der Waals surface area contributed by atoms with E-state index in [9.17, 15) is 14.7 Å².